The van der Waals surface area contributed by atoms with Crippen molar-refractivity contribution in [3.8, 4) is 0 Å². The van der Waals surface area contributed by atoms with Crippen molar-refractivity contribution in [2.45, 2.75) is 18.6 Å². The SMILES string of the molecule is OC(c1cn2ccccc2n1)C1NCCc2ccccc21. The molecule has 1 aromatic carbocycles. The summed E-state index contributed by atoms with van der Waals surface area (Å²) in [7, 11) is 0. The van der Waals surface area contributed by atoms with Gasteiger partial charge in [-0.2, -0.15) is 0 Å². The van der Waals surface area contributed by atoms with Crippen LogP contribution in [0.4, 0.5) is 0 Å². The van der Waals surface area contributed by atoms with Crippen LogP contribution >= 0.6 is 0 Å². The number of pyridine rings is 1. The molecule has 4 rings (SSSR count). The van der Waals surface area contributed by atoms with Crippen molar-refractivity contribution in [2.75, 3.05) is 6.54 Å². The third kappa shape index (κ3) is 2.13. The summed E-state index contributed by atoms with van der Waals surface area (Å²) in [6.07, 6.45) is 4.20. The summed E-state index contributed by atoms with van der Waals surface area (Å²) in [5.41, 5.74) is 4.04. The van der Waals surface area contributed by atoms with Crippen LogP contribution in [-0.4, -0.2) is 21.0 Å². The zero-order valence-corrected chi connectivity index (χ0v) is 11.6. The van der Waals surface area contributed by atoms with Crippen LogP contribution in [0.2, 0.25) is 0 Å². The Kier molecular flexibility index (Phi) is 2.98. The van der Waals surface area contributed by atoms with Gasteiger partial charge in [0.25, 0.3) is 0 Å². The largest absolute Gasteiger partial charge is 0.385 e. The Morgan fingerprint density at radius 1 is 1.19 bits per heavy atom. The third-order valence-electron chi connectivity index (χ3n) is 4.15. The molecule has 0 bridgehead atoms. The summed E-state index contributed by atoms with van der Waals surface area (Å²) < 4.78 is 1.94. The van der Waals surface area contributed by atoms with Crippen molar-refractivity contribution >= 4 is 5.65 Å². The minimum Gasteiger partial charge on any atom is -0.385 e. The van der Waals surface area contributed by atoms with Crippen LogP contribution < -0.4 is 5.32 Å². The summed E-state index contributed by atoms with van der Waals surface area (Å²) in [6, 6.07) is 14.1. The topological polar surface area (TPSA) is 49.6 Å². The van der Waals surface area contributed by atoms with Gasteiger partial charge in [0, 0.05) is 12.4 Å². The molecule has 3 aromatic rings. The van der Waals surface area contributed by atoms with Gasteiger partial charge in [-0.1, -0.05) is 30.3 Å². The minimum absolute atomic E-state index is 0.0973. The molecular formula is C17H17N3O. The van der Waals surface area contributed by atoms with Crippen LogP contribution in [0.25, 0.3) is 5.65 Å². The van der Waals surface area contributed by atoms with Crippen molar-refractivity contribution in [2.24, 2.45) is 0 Å². The van der Waals surface area contributed by atoms with Gasteiger partial charge in [0.2, 0.25) is 0 Å². The number of nitrogens with zero attached hydrogens (tertiary/aromatic N) is 2. The lowest BCUT2D eigenvalue weighted by atomic mass is 9.90. The number of aromatic nitrogens is 2. The zero-order valence-electron chi connectivity index (χ0n) is 11.6. The second kappa shape index (κ2) is 4.98. The molecule has 0 amide bonds. The van der Waals surface area contributed by atoms with Gasteiger partial charge in [-0.05, 0) is 36.2 Å². The van der Waals surface area contributed by atoms with E-state index in [0.29, 0.717) is 5.69 Å². The molecule has 0 aliphatic carbocycles. The van der Waals surface area contributed by atoms with E-state index >= 15 is 0 Å². The van der Waals surface area contributed by atoms with Crippen LogP contribution in [-0.2, 0) is 6.42 Å². The maximum absolute atomic E-state index is 10.8. The van der Waals surface area contributed by atoms with Crippen molar-refractivity contribution in [1.29, 1.82) is 0 Å². The van der Waals surface area contributed by atoms with E-state index in [1.54, 1.807) is 0 Å². The van der Waals surface area contributed by atoms with Crippen LogP contribution in [0.3, 0.4) is 0 Å². The lowest BCUT2D eigenvalue weighted by Gasteiger charge is -2.29. The standard InChI is InChI=1S/C17H17N3O/c21-17(14-11-20-10-4-3-7-15(20)19-14)16-13-6-2-1-5-12(13)8-9-18-16/h1-7,10-11,16-18,21H,8-9H2. The number of nitrogens with one attached hydrogen (secondary N) is 1. The number of aliphatic hydroxyl groups excluding tert-OH is 1. The fraction of sp³-hybridized carbons (Fsp3) is 0.235. The van der Waals surface area contributed by atoms with Crippen LogP contribution in [0.1, 0.15) is 29.0 Å². The predicted molar refractivity (Wildman–Crippen MR) is 81.0 cm³/mol. The first-order valence-electron chi connectivity index (χ1n) is 7.26. The van der Waals surface area contributed by atoms with Crippen molar-refractivity contribution in [3.63, 3.8) is 0 Å². The first kappa shape index (κ1) is 12.6. The highest BCUT2D eigenvalue weighted by Crippen LogP contribution is 2.32. The Morgan fingerprint density at radius 2 is 2.05 bits per heavy atom. The monoisotopic (exact) mass is 279 g/mol. The van der Waals surface area contributed by atoms with Gasteiger partial charge in [-0.3, -0.25) is 0 Å². The fourth-order valence-corrected chi connectivity index (χ4v) is 3.09. The zero-order chi connectivity index (χ0) is 14.2. The molecule has 3 heterocycles. The molecule has 21 heavy (non-hydrogen) atoms. The number of hydrogen-bond donors (Lipinski definition) is 2. The lowest BCUT2D eigenvalue weighted by Crippen LogP contribution is -2.34. The molecule has 106 valence electrons. The molecule has 4 nitrogen and oxygen atoms in total. The number of aliphatic hydroxyl groups is 1. The molecule has 0 fully saturated rings. The van der Waals surface area contributed by atoms with Gasteiger partial charge in [0.05, 0.1) is 11.7 Å². The Hall–Kier alpha value is -2.17. The van der Waals surface area contributed by atoms with Gasteiger partial charge in [-0.25, -0.2) is 4.98 Å². The molecule has 0 saturated heterocycles. The van der Waals surface area contributed by atoms with Crippen LogP contribution in [0, 0.1) is 0 Å². The second-order valence-corrected chi connectivity index (χ2v) is 5.46. The Labute approximate surface area is 123 Å². The first-order valence-corrected chi connectivity index (χ1v) is 7.26. The van der Waals surface area contributed by atoms with E-state index in [1.165, 1.54) is 11.1 Å². The molecular weight excluding hydrogens is 262 g/mol. The first-order chi connectivity index (χ1) is 10.3. The number of benzene rings is 1. The summed E-state index contributed by atoms with van der Waals surface area (Å²) in [5, 5.41) is 14.2. The second-order valence-electron chi connectivity index (χ2n) is 5.46. The molecule has 2 atom stereocenters. The van der Waals surface area contributed by atoms with E-state index in [0.717, 1.165) is 18.6 Å². The molecule has 2 unspecified atom stereocenters. The summed E-state index contributed by atoms with van der Waals surface area (Å²) in [4.78, 5) is 4.53. The normalized spacial score (nSPS) is 19.4. The molecule has 2 N–H and O–H groups in total. The number of hydrogen-bond acceptors (Lipinski definition) is 3. The third-order valence-corrected chi connectivity index (χ3v) is 4.15. The van der Waals surface area contributed by atoms with Crippen molar-refractivity contribution in [3.05, 3.63) is 71.7 Å². The molecule has 0 saturated carbocycles. The van der Waals surface area contributed by atoms with Gasteiger partial charge < -0.3 is 14.8 Å². The molecule has 2 aromatic heterocycles. The van der Waals surface area contributed by atoms with E-state index < -0.39 is 6.10 Å². The van der Waals surface area contributed by atoms with Crippen molar-refractivity contribution in [1.82, 2.24) is 14.7 Å². The minimum atomic E-state index is -0.647. The maximum Gasteiger partial charge on any atom is 0.137 e. The van der Waals surface area contributed by atoms with Gasteiger partial charge in [-0.15, -0.1) is 0 Å². The maximum atomic E-state index is 10.8. The molecule has 1 aliphatic heterocycles. The van der Waals surface area contributed by atoms with Crippen LogP contribution in [0.15, 0.2) is 54.9 Å². The van der Waals surface area contributed by atoms with E-state index in [2.05, 4.69) is 28.5 Å². The van der Waals surface area contributed by atoms with E-state index in [1.807, 2.05) is 41.1 Å². The van der Waals surface area contributed by atoms with Crippen LogP contribution in [0.5, 0.6) is 0 Å². The molecule has 0 spiro atoms. The summed E-state index contributed by atoms with van der Waals surface area (Å²) >= 11 is 0. The number of rotatable bonds is 2. The smallest absolute Gasteiger partial charge is 0.137 e. The lowest BCUT2D eigenvalue weighted by molar-refractivity contribution is 0.122. The Bertz CT molecular complexity index is 747. The van der Waals surface area contributed by atoms with Gasteiger partial charge >= 0.3 is 0 Å². The quantitative estimate of drug-likeness (QED) is 0.756. The average molecular weight is 279 g/mol. The predicted octanol–water partition coefficient (Wildman–Crippen LogP) is 2.25. The van der Waals surface area contributed by atoms with E-state index in [4.69, 9.17) is 0 Å². The van der Waals surface area contributed by atoms with E-state index in [9.17, 15) is 5.11 Å². The Balaban J connectivity index is 1.73. The average Bonchev–Trinajstić information content (AvgIpc) is 2.97. The highest BCUT2D eigenvalue weighted by atomic mass is 16.3. The Morgan fingerprint density at radius 3 is 2.95 bits per heavy atom. The molecule has 0 radical (unpaired) electrons. The van der Waals surface area contributed by atoms with Gasteiger partial charge in [0.15, 0.2) is 0 Å². The highest BCUT2D eigenvalue weighted by molar-refractivity contribution is 5.41. The molecule has 4 heteroatoms. The number of fused-ring (bicyclic) bond motifs is 2. The summed E-state index contributed by atoms with van der Waals surface area (Å²) in [5.74, 6) is 0. The van der Waals surface area contributed by atoms with Gasteiger partial charge in [0.1, 0.15) is 11.8 Å². The molecule has 1 aliphatic rings. The van der Waals surface area contributed by atoms with E-state index in [-0.39, 0.29) is 6.04 Å². The number of imidazole rings is 1. The summed E-state index contributed by atoms with van der Waals surface area (Å²) in [6.45, 7) is 0.881. The fourth-order valence-electron chi connectivity index (χ4n) is 3.09. The van der Waals surface area contributed by atoms with Crippen molar-refractivity contribution < 1.29 is 5.11 Å². The highest BCUT2D eigenvalue weighted by Gasteiger charge is 2.28.